The van der Waals surface area contributed by atoms with E-state index < -0.39 is 0 Å². The quantitative estimate of drug-likeness (QED) is 0.598. The lowest BCUT2D eigenvalue weighted by atomic mass is 9.91. The maximum absolute atomic E-state index is 13.0. The minimum atomic E-state index is -0.351. The van der Waals surface area contributed by atoms with Gasteiger partial charge in [-0.05, 0) is 60.4 Å². The molecule has 190 valence electrons. The van der Waals surface area contributed by atoms with Crippen LogP contribution in [0.2, 0.25) is 0 Å². The third-order valence-corrected chi connectivity index (χ3v) is 7.54. The van der Waals surface area contributed by atoms with Crippen LogP contribution >= 0.6 is 0 Å². The summed E-state index contributed by atoms with van der Waals surface area (Å²) in [5.41, 5.74) is 3.33. The Hall–Kier alpha value is -3.03. The summed E-state index contributed by atoms with van der Waals surface area (Å²) in [5, 5.41) is 3.01. The number of hydrogen-bond donors (Lipinski definition) is 1. The van der Waals surface area contributed by atoms with Crippen LogP contribution in [-0.4, -0.2) is 59.9 Å². The number of nitrogens with one attached hydrogen (secondary N) is 1. The zero-order chi connectivity index (χ0) is 25.2. The van der Waals surface area contributed by atoms with Gasteiger partial charge < -0.3 is 10.1 Å². The maximum Gasteiger partial charge on any atom is 0.261 e. The van der Waals surface area contributed by atoms with Crippen molar-refractivity contribution in [1.29, 1.82) is 0 Å². The summed E-state index contributed by atoms with van der Waals surface area (Å²) in [6.07, 6.45) is 2.96. The predicted molar refractivity (Wildman–Crippen MR) is 137 cm³/mol. The van der Waals surface area contributed by atoms with Gasteiger partial charge in [0.1, 0.15) is 0 Å². The van der Waals surface area contributed by atoms with Gasteiger partial charge in [0.05, 0.1) is 23.8 Å². The summed E-state index contributed by atoms with van der Waals surface area (Å²) in [6, 6.07) is 13.0. The van der Waals surface area contributed by atoms with E-state index in [2.05, 4.69) is 36.2 Å². The van der Waals surface area contributed by atoms with Gasteiger partial charge in [-0.1, -0.05) is 38.1 Å². The van der Waals surface area contributed by atoms with E-state index in [0.29, 0.717) is 41.7 Å². The number of nitrogens with zero attached hydrogens (tertiary/aromatic N) is 2. The van der Waals surface area contributed by atoms with Crippen molar-refractivity contribution < 1.29 is 19.1 Å². The minimum absolute atomic E-state index is 0.105. The standard InChI is InChI=1S/C29H35N3O4/c1-19-12-20(2)16-31(15-19)17-23-7-4-3-6-22(23)14-30-27(33)21-9-10-25-26(13-21)29(35)32(28(25)34)18-24-8-5-11-36-24/h3-4,6-7,9-10,13,19-20,24H,5,8,11-12,14-18H2,1-2H3,(H,30,33). The van der Waals surface area contributed by atoms with Crippen LogP contribution in [0.5, 0.6) is 0 Å². The first-order chi connectivity index (χ1) is 17.4. The zero-order valence-electron chi connectivity index (χ0n) is 21.2. The fourth-order valence-corrected chi connectivity index (χ4v) is 5.91. The van der Waals surface area contributed by atoms with Crippen molar-refractivity contribution in [2.24, 2.45) is 11.8 Å². The molecule has 3 atom stereocenters. The summed E-state index contributed by atoms with van der Waals surface area (Å²) in [4.78, 5) is 42.5. The molecule has 0 bridgehead atoms. The van der Waals surface area contributed by atoms with Crippen molar-refractivity contribution in [3.63, 3.8) is 0 Å². The summed E-state index contributed by atoms with van der Waals surface area (Å²) < 4.78 is 5.60. The van der Waals surface area contributed by atoms with Crippen LogP contribution in [0.1, 0.15) is 75.3 Å². The number of rotatable bonds is 7. The molecule has 5 rings (SSSR count). The number of ether oxygens (including phenoxy) is 1. The topological polar surface area (TPSA) is 79.0 Å². The minimum Gasteiger partial charge on any atom is -0.376 e. The molecular formula is C29H35N3O4. The zero-order valence-corrected chi connectivity index (χ0v) is 21.2. The van der Waals surface area contributed by atoms with E-state index in [0.717, 1.165) is 38.0 Å². The van der Waals surface area contributed by atoms with Gasteiger partial charge in [-0.2, -0.15) is 0 Å². The number of hydrogen-bond acceptors (Lipinski definition) is 5. The maximum atomic E-state index is 13.0. The van der Waals surface area contributed by atoms with Crippen LogP contribution in [-0.2, 0) is 17.8 Å². The fourth-order valence-electron chi connectivity index (χ4n) is 5.91. The van der Waals surface area contributed by atoms with Gasteiger partial charge in [-0.15, -0.1) is 0 Å². The third-order valence-electron chi connectivity index (χ3n) is 7.54. The molecule has 7 heteroatoms. The first kappa shape index (κ1) is 24.7. The number of amides is 3. The molecule has 0 saturated carbocycles. The monoisotopic (exact) mass is 489 g/mol. The first-order valence-corrected chi connectivity index (χ1v) is 13.1. The molecule has 2 fully saturated rings. The second-order valence-corrected chi connectivity index (χ2v) is 10.7. The number of imide groups is 1. The molecule has 3 amide bonds. The molecule has 7 nitrogen and oxygen atoms in total. The smallest absolute Gasteiger partial charge is 0.261 e. The third kappa shape index (κ3) is 5.22. The van der Waals surface area contributed by atoms with Crippen LogP contribution in [0.25, 0.3) is 0 Å². The molecule has 36 heavy (non-hydrogen) atoms. The Morgan fingerprint density at radius 2 is 1.72 bits per heavy atom. The largest absolute Gasteiger partial charge is 0.376 e. The summed E-state index contributed by atoms with van der Waals surface area (Å²) in [6.45, 7) is 9.01. The average molecular weight is 490 g/mol. The van der Waals surface area contributed by atoms with E-state index in [1.165, 1.54) is 16.9 Å². The molecule has 2 saturated heterocycles. The van der Waals surface area contributed by atoms with Crippen molar-refractivity contribution in [3.8, 4) is 0 Å². The molecule has 3 unspecified atom stereocenters. The number of benzene rings is 2. The van der Waals surface area contributed by atoms with E-state index in [-0.39, 0.29) is 30.4 Å². The summed E-state index contributed by atoms with van der Waals surface area (Å²) in [7, 11) is 0. The molecular weight excluding hydrogens is 454 g/mol. The van der Waals surface area contributed by atoms with E-state index in [4.69, 9.17) is 4.74 Å². The van der Waals surface area contributed by atoms with Crippen molar-refractivity contribution in [2.75, 3.05) is 26.2 Å². The molecule has 3 aliphatic rings. The molecule has 0 aromatic heterocycles. The van der Waals surface area contributed by atoms with Gasteiger partial charge in [0, 0.05) is 38.3 Å². The number of carbonyl (C=O) groups is 3. The lowest BCUT2D eigenvalue weighted by Gasteiger charge is -2.35. The van der Waals surface area contributed by atoms with Gasteiger partial charge in [0.2, 0.25) is 0 Å². The lowest BCUT2D eigenvalue weighted by Crippen LogP contribution is -2.38. The lowest BCUT2D eigenvalue weighted by molar-refractivity contribution is 0.0475. The highest BCUT2D eigenvalue weighted by Crippen LogP contribution is 2.27. The van der Waals surface area contributed by atoms with Gasteiger partial charge in [-0.25, -0.2) is 0 Å². The van der Waals surface area contributed by atoms with Crippen molar-refractivity contribution in [1.82, 2.24) is 15.1 Å². The molecule has 1 N–H and O–H groups in total. The van der Waals surface area contributed by atoms with E-state index in [1.807, 2.05) is 12.1 Å². The van der Waals surface area contributed by atoms with Crippen LogP contribution in [0.3, 0.4) is 0 Å². The Morgan fingerprint density at radius 3 is 2.44 bits per heavy atom. The molecule has 0 radical (unpaired) electrons. The first-order valence-electron chi connectivity index (χ1n) is 13.1. The highest BCUT2D eigenvalue weighted by atomic mass is 16.5. The van der Waals surface area contributed by atoms with Crippen LogP contribution in [0.4, 0.5) is 0 Å². The van der Waals surface area contributed by atoms with Crippen LogP contribution < -0.4 is 5.32 Å². The number of carbonyl (C=O) groups excluding carboxylic acids is 3. The van der Waals surface area contributed by atoms with Gasteiger partial charge in [0.25, 0.3) is 17.7 Å². The Kier molecular flexibility index (Phi) is 7.21. The van der Waals surface area contributed by atoms with Crippen molar-refractivity contribution in [3.05, 3.63) is 70.3 Å². The number of fused-ring (bicyclic) bond motifs is 1. The molecule has 3 aliphatic heterocycles. The Labute approximate surface area is 212 Å². The summed E-state index contributed by atoms with van der Waals surface area (Å²) in [5.74, 6) is 0.460. The molecule has 0 spiro atoms. The average Bonchev–Trinajstić information content (AvgIpc) is 3.45. The van der Waals surface area contributed by atoms with E-state index in [9.17, 15) is 14.4 Å². The number of likely N-dealkylation sites (tertiary alicyclic amines) is 1. The highest BCUT2D eigenvalue weighted by Gasteiger charge is 2.38. The Morgan fingerprint density at radius 1 is 1.00 bits per heavy atom. The van der Waals surface area contributed by atoms with Gasteiger partial charge in [0.15, 0.2) is 0 Å². The molecule has 0 aliphatic carbocycles. The SMILES string of the molecule is CC1CC(C)CN(Cc2ccccc2CNC(=O)c2ccc3c(c2)C(=O)N(CC2CCCO2)C3=O)C1. The Bertz CT molecular complexity index is 1150. The summed E-state index contributed by atoms with van der Waals surface area (Å²) >= 11 is 0. The predicted octanol–water partition coefficient (Wildman–Crippen LogP) is 3.87. The van der Waals surface area contributed by atoms with E-state index >= 15 is 0 Å². The van der Waals surface area contributed by atoms with Crippen LogP contribution in [0.15, 0.2) is 42.5 Å². The Balaban J connectivity index is 1.24. The second kappa shape index (κ2) is 10.5. The van der Waals surface area contributed by atoms with E-state index in [1.54, 1.807) is 18.2 Å². The van der Waals surface area contributed by atoms with Crippen LogP contribution in [0, 0.1) is 11.8 Å². The molecule has 2 aromatic rings. The molecule has 2 aromatic carbocycles. The van der Waals surface area contributed by atoms with Crippen molar-refractivity contribution >= 4 is 17.7 Å². The fraction of sp³-hybridized carbons (Fsp3) is 0.483. The normalized spacial score (nSPS) is 24.3. The molecule has 3 heterocycles. The second-order valence-electron chi connectivity index (χ2n) is 10.7. The number of piperidine rings is 1. The van der Waals surface area contributed by atoms with Crippen molar-refractivity contribution in [2.45, 2.75) is 52.3 Å². The highest BCUT2D eigenvalue weighted by molar-refractivity contribution is 6.22. The van der Waals surface area contributed by atoms with Gasteiger partial charge in [-0.3, -0.25) is 24.2 Å². The van der Waals surface area contributed by atoms with Gasteiger partial charge >= 0.3 is 0 Å².